The van der Waals surface area contributed by atoms with Crippen LogP contribution >= 0.6 is 11.8 Å². The SMILES string of the molecule is C=C/C=C(\C=C/C)N1Cc2c(C(=C)S/C=C\C)ccc3c2C1=CC[C@H]3C. The standard InChI is InChI=1S/C24H27NS/c1-6-9-19(10-7-2)25-16-22-21(18(5)26-15-8-3)13-12-20-17(4)11-14-23(25)24(20)22/h6-10,12-15,17H,1,5,11,16H2,2-4H3/b10-7-,15-8-,19-9+/t17-/m1/s1. The molecule has 0 bridgehead atoms. The number of nitrogens with zero attached hydrogens (tertiary/aromatic N) is 1. The van der Waals surface area contributed by atoms with E-state index in [4.69, 9.17) is 0 Å². The Hall–Kier alpha value is -2.19. The van der Waals surface area contributed by atoms with Crippen molar-refractivity contribution in [2.75, 3.05) is 0 Å². The van der Waals surface area contributed by atoms with Crippen LogP contribution in [0.15, 0.2) is 72.9 Å². The van der Waals surface area contributed by atoms with Gasteiger partial charge in [-0.3, -0.25) is 0 Å². The molecule has 0 aromatic heterocycles. The maximum absolute atomic E-state index is 4.33. The molecule has 2 heteroatoms. The second kappa shape index (κ2) is 8.01. The first-order valence-electron chi connectivity index (χ1n) is 9.18. The number of rotatable bonds is 6. The van der Waals surface area contributed by atoms with Crippen molar-refractivity contribution < 1.29 is 0 Å². The normalized spacial score (nSPS) is 19.2. The molecule has 1 heterocycles. The van der Waals surface area contributed by atoms with Crippen LogP contribution in [0.4, 0.5) is 0 Å². The van der Waals surface area contributed by atoms with Crippen molar-refractivity contribution in [1.82, 2.24) is 4.90 Å². The molecule has 134 valence electrons. The molecule has 0 unspecified atom stereocenters. The van der Waals surface area contributed by atoms with Gasteiger partial charge in [0.2, 0.25) is 0 Å². The fourth-order valence-corrected chi connectivity index (χ4v) is 4.40. The highest BCUT2D eigenvalue weighted by Crippen LogP contribution is 2.48. The minimum Gasteiger partial charge on any atom is -0.337 e. The van der Waals surface area contributed by atoms with Gasteiger partial charge in [0.15, 0.2) is 0 Å². The van der Waals surface area contributed by atoms with E-state index in [-0.39, 0.29) is 0 Å². The number of hydrogen-bond donors (Lipinski definition) is 0. The van der Waals surface area contributed by atoms with E-state index in [1.807, 2.05) is 13.0 Å². The first-order chi connectivity index (χ1) is 12.6. The van der Waals surface area contributed by atoms with Crippen LogP contribution in [0.1, 0.15) is 55.4 Å². The third kappa shape index (κ3) is 3.26. The molecule has 1 aromatic rings. The maximum atomic E-state index is 4.33. The van der Waals surface area contributed by atoms with Crippen LogP contribution < -0.4 is 0 Å². The van der Waals surface area contributed by atoms with Crippen LogP contribution in [0.5, 0.6) is 0 Å². The zero-order valence-electron chi connectivity index (χ0n) is 16.0. The van der Waals surface area contributed by atoms with Crippen LogP contribution in [0.2, 0.25) is 0 Å². The van der Waals surface area contributed by atoms with Crippen LogP contribution in [0, 0.1) is 0 Å². The molecule has 0 N–H and O–H groups in total. The summed E-state index contributed by atoms with van der Waals surface area (Å²) in [5.74, 6) is 0.562. The van der Waals surface area contributed by atoms with Gasteiger partial charge in [-0.15, -0.1) is 0 Å². The molecule has 0 saturated heterocycles. The summed E-state index contributed by atoms with van der Waals surface area (Å²) in [6, 6.07) is 4.58. The molecule has 1 nitrogen and oxygen atoms in total. The van der Waals surface area contributed by atoms with E-state index in [9.17, 15) is 0 Å². The van der Waals surface area contributed by atoms with Crippen LogP contribution in [-0.2, 0) is 6.54 Å². The van der Waals surface area contributed by atoms with E-state index in [0.29, 0.717) is 5.92 Å². The first kappa shape index (κ1) is 18.6. The summed E-state index contributed by atoms with van der Waals surface area (Å²) in [6.07, 6.45) is 13.8. The average Bonchev–Trinajstić information content (AvgIpc) is 3.02. The summed E-state index contributed by atoms with van der Waals surface area (Å²) >= 11 is 1.70. The molecule has 1 aliphatic heterocycles. The lowest BCUT2D eigenvalue weighted by Gasteiger charge is -2.26. The van der Waals surface area contributed by atoms with Crippen molar-refractivity contribution in [2.24, 2.45) is 0 Å². The number of benzene rings is 1. The third-order valence-corrected chi connectivity index (χ3v) is 5.90. The number of hydrogen-bond acceptors (Lipinski definition) is 2. The van der Waals surface area contributed by atoms with Gasteiger partial charge in [-0.2, -0.15) is 0 Å². The smallest absolute Gasteiger partial charge is 0.0495 e. The Bertz CT molecular complexity index is 851. The molecule has 1 atom stereocenters. The Morgan fingerprint density at radius 2 is 2.08 bits per heavy atom. The van der Waals surface area contributed by atoms with Gasteiger partial charge in [-0.05, 0) is 60.4 Å². The molecule has 0 fully saturated rings. The van der Waals surface area contributed by atoms with Crippen molar-refractivity contribution in [3.8, 4) is 0 Å². The Balaban J connectivity index is 2.13. The lowest BCUT2D eigenvalue weighted by atomic mass is 9.84. The topological polar surface area (TPSA) is 3.24 Å². The highest BCUT2D eigenvalue weighted by molar-refractivity contribution is 8.10. The van der Waals surface area contributed by atoms with E-state index >= 15 is 0 Å². The Kier molecular flexibility index (Phi) is 5.73. The molecule has 26 heavy (non-hydrogen) atoms. The third-order valence-electron chi connectivity index (χ3n) is 4.99. The van der Waals surface area contributed by atoms with Crippen LogP contribution in [0.25, 0.3) is 10.6 Å². The second-order valence-corrected chi connectivity index (χ2v) is 7.71. The van der Waals surface area contributed by atoms with Gasteiger partial charge in [0, 0.05) is 28.4 Å². The molecular formula is C24H27NS. The summed E-state index contributed by atoms with van der Waals surface area (Å²) < 4.78 is 0. The molecular weight excluding hydrogens is 334 g/mol. The predicted octanol–water partition coefficient (Wildman–Crippen LogP) is 7.23. The quantitative estimate of drug-likeness (QED) is 0.491. The highest BCUT2D eigenvalue weighted by Gasteiger charge is 2.33. The van der Waals surface area contributed by atoms with Gasteiger partial charge in [0.25, 0.3) is 0 Å². The van der Waals surface area contributed by atoms with Crippen molar-refractivity contribution in [1.29, 1.82) is 0 Å². The lowest BCUT2D eigenvalue weighted by molar-refractivity contribution is 0.519. The van der Waals surface area contributed by atoms with Crippen LogP contribution in [-0.4, -0.2) is 4.90 Å². The van der Waals surface area contributed by atoms with E-state index < -0.39 is 0 Å². The summed E-state index contributed by atoms with van der Waals surface area (Å²) in [6.45, 7) is 15.5. The van der Waals surface area contributed by atoms with E-state index in [2.05, 4.69) is 79.8 Å². The first-order valence-corrected chi connectivity index (χ1v) is 10.1. The maximum Gasteiger partial charge on any atom is 0.0495 e. The van der Waals surface area contributed by atoms with Crippen molar-refractivity contribution >= 4 is 22.4 Å². The Morgan fingerprint density at radius 1 is 1.27 bits per heavy atom. The minimum atomic E-state index is 0.562. The zero-order chi connectivity index (χ0) is 18.7. The van der Waals surface area contributed by atoms with Gasteiger partial charge < -0.3 is 4.90 Å². The van der Waals surface area contributed by atoms with Gasteiger partial charge >= 0.3 is 0 Å². The monoisotopic (exact) mass is 361 g/mol. The fraction of sp³-hybridized carbons (Fsp3) is 0.250. The number of allylic oxidation sites excluding steroid dienone is 6. The van der Waals surface area contributed by atoms with Gasteiger partial charge in [0.05, 0.1) is 0 Å². The van der Waals surface area contributed by atoms with E-state index in [1.165, 1.54) is 33.6 Å². The van der Waals surface area contributed by atoms with E-state index in [1.54, 1.807) is 11.8 Å². The molecule has 3 rings (SSSR count). The molecule has 0 amide bonds. The largest absolute Gasteiger partial charge is 0.337 e. The summed E-state index contributed by atoms with van der Waals surface area (Å²) in [7, 11) is 0. The van der Waals surface area contributed by atoms with Crippen molar-refractivity contribution in [3.63, 3.8) is 0 Å². The summed E-state index contributed by atoms with van der Waals surface area (Å²) in [5, 5.41) is 2.10. The summed E-state index contributed by atoms with van der Waals surface area (Å²) in [5.41, 5.74) is 8.08. The second-order valence-electron chi connectivity index (χ2n) is 6.71. The zero-order valence-corrected chi connectivity index (χ0v) is 16.8. The lowest BCUT2D eigenvalue weighted by Crippen LogP contribution is -2.15. The molecule has 0 spiro atoms. The fourth-order valence-electron chi connectivity index (χ4n) is 3.78. The highest BCUT2D eigenvalue weighted by atomic mass is 32.2. The van der Waals surface area contributed by atoms with Crippen molar-refractivity contribution in [3.05, 3.63) is 95.1 Å². The van der Waals surface area contributed by atoms with Gasteiger partial charge in [-0.1, -0.05) is 68.3 Å². The molecule has 2 aliphatic rings. The van der Waals surface area contributed by atoms with Crippen molar-refractivity contribution in [2.45, 2.75) is 39.7 Å². The minimum absolute atomic E-state index is 0.562. The molecule has 0 saturated carbocycles. The molecule has 0 radical (unpaired) electrons. The van der Waals surface area contributed by atoms with Gasteiger partial charge in [0.1, 0.15) is 0 Å². The number of thioether (sulfide) groups is 1. The molecule has 1 aliphatic carbocycles. The van der Waals surface area contributed by atoms with Crippen LogP contribution in [0.3, 0.4) is 0 Å². The predicted molar refractivity (Wildman–Crippen MR) is 118 cm³/mol. The Morgan fingerprint density at radius 3 is 2.77 bits per heavy atom. The van der Waals surface area contributed by atoms with E-state index in [0.717, 1.165) is 17.9 Å². The summed E-state index contributed by atoms with van der Waals surface area (Å²) in [4.78, 5) is 3.53. The van der Waals surface area contributed by atoms with Gasteiger partial charge in [-0.25, -0.2) is 0 Å². The molecule has 1 aromatic carbocycles. The Labute approximate surface area is 162 Å². The average molecular weight is 362 g/mol.